The van der Waals surface area contributed by atoms with Crippen LogP contribution in [-0.2, 0) is 11.2 Å². The topological polar surface area (TPSA) is 144 Å². The van der Waals surface area contributed by atoms with Crippen molar-refractivity contribution in [2.75, 3.05) is 32.0 Å². The number of amides is 2. The van der Waals surface area contributed by atoms with Gasteiger partial charge in [-0.1, -0.05) is 18.2 Å². The van der Waals surface area contributed by atoms with E-state index in [1.807, 2.05) is 45.0 Å². The fourth-order valence-electron chi connectivity index (χ4n) is 4.68. The van der Waals surface area contributed by atoms with Gasteiger partial charge >= 0.3 is 12.1 Å². The van der Waals surface area contributed by atoms with E-state index in [9.17, 15) is 9.59 Å². The summed E-state index contributed by atoms with van der Waals surface area (Å²) in [7, 11) is 1.62. The van der Waals surface area contributed by atoms with Gasteiger partial charge in [0.15, 0.2) is 0 Å². The van der Waals surface area contributed by atoms with Crippen molar-refractivity contribution in [3.05, 3.63) is 66.4 Å². The smallest absolute Gasteiger partial charge is 0.410 e. The third-order valence-electron chi connectivity index (χ3n) is 6.69. The zero-order valence-corrected chi connectivity index (χ0v) is 24.1. The summed E-state index contributed by atoms with van der Waals surface area (Å²) in [6, 6.07) is 9.66. The molecule has 12 heteroatoms. The monoisotopic (exact) mass is 570 g/mol. The predicted octanol–water partition coefficient (Wildman–Crippen LogP) is 3.88. The fourth-order valence-corrected chi connectivity index (χ4v) is 4.68. The first-order valence-electron chi connectivity index (χ1n) is 13.8. The van der Waals surface area contributed by atoms with Gasteiger partial charge in [-0.25, -0.2) is 24.7 Å². The van der Waals surface area contributed by atoms with E-state index < -0.39 is 5.60 Å². The van der Waals surface area contributed by atoms with Crippen molar-refractivity contribution in [2.24, 2.45) is 0 Å². The molecule has 2 amide bonds. The summed E-state index contributed by atoms with van der Waals surface area (Å²) in [6.07, 6.45) is 7.26. The van der Waals surface area contributed by atoms with E-state index in [0.29, 0.717) is 49.6 Å². The van der Waals surface area contributed by atoms with Crippen LogP contribution in [0.1, 0.15) is 43.1 Å². The lowest BCUT2D eigenvalue weighted by Gasteiger charge is -2.24. The maximum absolute atomic E-state index is 12.3. The molecule has 0 radical (unpaired) electrons. The molecule has 42 heavy (non-hydrogen) atoms. The van der Waals surface area contributed by atoms with Crippen molar-refractivity contribution in [2.45, 2.75) is 45.3 Å². The third-order valence-corrected chi connectivity index (χ3v) is 6.69. The van der Waals surface area contributed by atoms with Crippen LogP contribution in [-0.4, -0.2) is 80.2 Å². The molecule has 0 bridgehead atoms. The number of pyridine rings is 1. The molecule has 2 N–H and O–H groups in total. The molecule has 4 heterocycles. The summed E-state index contributed by atoms with van der Waals surface area (Å²) < 4.78 is 11.4. The molecule has 1 aromatic carbocycles. The molecule has 5 rings (SSSR count). The molecule has 3 aromatic heterocycles. The number of fused-ring (bicyclic) bond motifs is 1. The number of hydrogen-bond acceptors (Lipinski definition) is 10. The number of likely N-dealkylation sites (tertiary alicyclic amines) is 1. The maximum atomic E-state index is 12.3. The Balaban J connectivity index is 1.17. The Bertz CT molecular complexity index is 1570. The number of rotatable bonds is 8. The number of carbonyl (C=O) groups is 2. The lowest BCUT2D eigenvalue weighted by Crippen LogP contribution is -2.36. The average Bonchev–Trinajstić information content (AvgIpc) is 3.45. The van der Waals surface area contributed by atoms with Crippen molar-refractivity contribution >= 4 is 28.7 Å². The van der Waals surface area contributed by atoms with Crippen LogP contribution in [0.15, 0.2) is 55.2 Å². The Labute approximate surface area is 243 Å². The fraction of sp³-hybridized carbons (Fsp3) is 0.367. The quantitative estimate of drug-likeness (QED) is 0.320. The van der Waals surface area contributed by atoms with Crippen LogP contribution in [0.25, 0.3) is 22.2 Å². The summed E-state index contributed by atoms with van der Waals surface area (Å²) in [5.41, 5.74) is 3.27. The predicted molar refractivity (Wildman–Crippen MR) is 157 cm³/mol. The van der Waals surface area contributed by atoms with Crippen molar-refractivity contribution < 1.29 is 19.1 Å². The van der Waals surface area contributed by atoms with Gasteiger partial charge in [0.05, 0.1) is 23.3 Å². The van der Waals surface area contributed by atoms with Crippen LogP contribution in [0, 0.1) is 0 Å². The summed E-state index contributed by atoms with van der Waals surface area (Å²) in [6.45, 7) is 7.12. The number of hydrogen-bond donors (Lipinski definition) is 2. The molecule has 12 nitrogen and oxygen atoms in total. The SMILES string of the molecule is CNC(=O)c1ccnc2c(CCNc3cc(-c4cnc(OC5CCN(C(=O)OC(C)(C)C)C5)nc4)ncn3)cccc12. The van der Waals surface area contributed by atoms with Crippen LogP contribution in [0.5, 0.6) is 6.01 Å². The van der Waals surface area contributed by atoms with Crippen molar-refractivity contribution in [1.29, 1.82) is 0 Å². The number of benzene rings is 1. The minimum absolute atomic E-state index is 0.141. The van der Waals surface area contributed by atoms with Gasteiger partial charge < -0.3 is 25.0 Å². The van der Waals surface area contributed by atoms with Gasteiger partial charge in [0.2, 0.25) is 0 Å². The number of aromatic nitrogens is 5. The Morgan fingerprint density at radius 3 is 2.64 bits per heavy atom. The second-order valence-corrected chi connectivity index (χ2v) is 10.9. The van der Waals surface area contributed by atoms with Gasteiger partial charge in [-0.2, -0.15) is 0 Å². The summed E-state index contributed by atoms with van der Waals surface area (Å²) in [5, 5.41) is 6.84. The molecule has 1 aliphatic rings. The molecule has 0 saturated carbocycles. The second kappa shape index (κ2) is 12.3. The Kier molecular flexibility index (Phi) is 8.41. The van der Waals surface area contributed by atoms with E-state index in [1.54, 1.807) is 36.6 Å². The normalized spacial score (nSPS) is 15.0. The first-order chi connectivity index (χ1) is 20.2. The zero-order valence-electron chi connectivity index (χ0n) is 24.1. The Hall–Kier alpha value is -4.87. The molecule has 1 fully saturated rings. The number of nitrogens with one attached hydrogen (secondary N) is 2. The standard InChI is InChI=1S/C30H34N8O4/c1-30(2,3)42-29(40)38-13-10-21(17-38)41-28-34-15-20(16-35-28)24-14-25(37-18-36-24)32-11-8-19-6-5-7-22-23(27(39)31-4)9-12-33-26(19)22/h5-7,9,12,14-16,18,21H,8,10-11,13,17H2,1-4H3,(H,31,39)(H,32,36,37). The van der Waals surface area contributed by atoms with Gasteiger partial charge in [-0.15, -0.1) is 0 Å². The highest BCUT2D eigenvalue weighted by Gasteiger charge is 2.31. The van der Waals surface area contributed by atoms with Gasteiger partial charge in [0, 0.05) is 62.2 Å². The van der Waals surface area contributed by atoms with Crippen molar-refractivity contribution in [3.8, 4) is 17.3 Å². The lowest BCUT2D eigenvalue weighted by molar-refractivity contribution is 0.0274. The van der Waals surface area contributed by atoms with Gasteiger partial charge in [0.25, 0.3) is 5.91 Å². The summed E-state index contributed by atoms with van der Waals surface area (Å²) in [5.74, 6) is 0.519. The van der Waals surface area contributed by atoms with E-state index in [4.69, 9.17) is 9.47 Å². The maximum Gasteiger partial charge on any atom is 0.410 e. The van der Waals surface area contributed by atoms with Crippen molar-refractivity contribution in [1.82, 2.24) is 35.1 Å². The van der Waals surface area contributed by atoms with E-state index in [-0.39, 0.29) is 24.1 Å². The highest BCUT2D eigenvalue weighted by Crippen LogP contribution is 2.23. The summed E-state index contributed by atoms with van der Waals surface area (Å²) >= 11 is 0. The van der Waals surface area contributed by atoms with Gasteiger partial charge in [0.1, 0.15) is 23.9 Å². The van der Waals surface area contributed by atoms with Crippen LogP contribution in [0.3, 0.4) is 0 Å². The number of para-hydroxylation sites is 1. The minimum Gasteiger partial charge on any atom is -0.458 e. The molecule has 1 unspecified atom stereocenters. The van der Waals surface area contributed by atoms with E-state index in [2.05, 4.69) is 35.6 Å². The molecule has 0 spiro atoms. The number of nitrogens with zero attached hydrogens (tertiary/aromatic N) is 6. The van der Waals surface area contributed by atoms with Crippen LogP contribution in [0.4, 0.5) is 10.6 Å². The third kappa shape index (κ3) is 6.88. The zero-order chi connectivity index (χ0) is 29.7. The second-order valence-electron chi connectivity index (χ2n) is 10.9. The molecular weight excluding hydrogens is 536 g/mol. The lowest BCUT2D eigenvalue weighted by atomic mass is 10.0. The minimum atomic E-state index is -0.543. The largest absolute Gasteiger partial charge is 0.458 e. The van der Waals surface area contributed by atoms with E-state index in [1.165, 1.54) is 6.33 Å². The molecule has 1 aliphatic heterocycles. The van der Waals surface area contributed by atoms with E-state index >= 15 is 0 Å². The molecule has 218 valence electrons. The first kappa shape index (κ1) is 28.7. The van der Waals surface area contributed by atoms with Crippen molar-refractivity contribution in [3.63, 3.8) is 0 Å². The van der Waals surface area contributed by atoms with Gasteiger partial charge in [-0.05, 0) is 38.8 Å². The summed E-state index contributed by atoms with van der Waals surface area (Å²) in [4.78, 5) is 48.1. The molecule has 0 aliphatic carbocycles. The van der Waals surface area contributed by atoms with Crippen LogP contribution in [0.2, 0.25) is 0 Å². The highest BCUT2D eigenvalue weighted by molar-refractivity contribution is 6.06. The van der Waals surface area contributed by atoms with E-state index in [0.717, 1.165) is 22.0 Å². The van der Waals surface area contributed by atoms with Gasteiger partial charge in [-0.3, -0.25) is 9.78 Å². The Morgan fingerprint density at radius 2 is 1.88 bits per heavy atom. The molecule has 1 atom stereocenters. The first-order valence-corrected chi connectivity index (χ1v) is 13.8. The number of carbonyl (C=O) groups excluding carboxylic acids is 2. The number of ether oxygens (including phenoxy) is 2. The van der Waals surface area contributed by atoms with Crippen LogP contribution < -0.4 is 15.4 Å². The molecular formula is C30H34N8O4. The average molecular weight is 571 g/mol. The molecule has 4 aromatic rings. The highest BCUT2D eigenvalue weighted by atomic mass is 16.6. The number of anilines is 1. The Morgan fingerprint density at radius 1 is 1.07 bits per heavy atom. The van der Waals surface area contributed by atoms with Crippen LogP contribution >= 0.6 is 0 Å². The molecule has 1 saturated heterocycles.